The Bertz CT molecular complexity index is 633. The van der Waals surface area contributed by atoms with Gasteiger partial charge >= 0.3 is 5.97 Å². The van der Waals surface area contributed by atoms with Gasteiger partial charge < -0.3 is 4.74 Å². The van der Waals surface area contributed by atoms with Crippen LogP contribution in [0.4, 0.5) is 4.39 Å². The van der Waals surface area contributed by atoms with Gasteiger partial charge in [-0.15, -0.1) is 0 Å². The van der Waals surface area contributed by atoms with Crippen LogP contribution in [0.2, 0.25) is 0 Å². The molecular formula is C22H31FO3. The van der Waals surface area contributed by atoms with Gasteiger partial charge in [0.15, 0.2) is 5.78 Å². The molecular weight excluding hydrogens is 331 g/mol. The molecule has 26 heavy (non-hydrogen) atoms. The van der Waals surface area contributed by atoms with Crippen LogP contribution in [0.25, 0.3) is 0 Å². The van der Waals surface area contributed by atoms with Crippen molar-refractivity contribution in [3.63, 3.8) is 0 Å². The molecule has 0 aromatic heterocycles. The van der Waals surface area contributed by atoms with Gasteiger partial charge in [0.05, 0.1) is 6.61 Å². The lowest BCUT2D eigenvalue weighted by molar-refractivity contribution is -0.144. The fraction of sp³-hybridized carbons (Fsp3) is 0.636. The minimum Gasteiger partial charge on any atom is -0.465 e. The topological polar surface area (TPSA) is 43.4 Å². The van der Waals surface area contributed by atoms with E-state index in [1.54, 1.807) is 13.0 Å². The Labute approximate surface area is 156 Å². The summed E-state index contributed by atoms with van der Waals surface area (Å²) in [5, 5.41) is 0. The largest absolute Gasteiger partial charge is 0.465 e. The zero-order valence-electron chi connectivity index (χ0n) is 16.4. The van der Waals surface area contributed by atoms with Gasteiger partial charge in [-0.1, -0.05) is 45.9 Å². The van der Waals surface area contributed by atoms with E-state index in [1.807, 2.05) is 13.0 Å². The maximum Gasteiger partial charge on any atom is 0.305 e. The molecule has 0 aromatic carbocycles. The van der Waals surface area contributed by atoms with E-state index in [0.29, 0.717) is 24.5 Å². The third-order valence-electron chi connectivity index (χ3n) is 5.80. The number of fused-ring (bicyclic) bond motifs is 1. The number of ether oxygens (including phenoxy) is 1. The molecule has 2 aliphatic rings. The van der Waals surface area contributed by atoms with Crippen LogP contribution in [0.1, 0.15) is 53.4 Å². The Hall–Kier alpha value is -1.71. The number of hydrogen-bond acceptors (Lipinski definition) is 3. The first-order chi connectivity index (χ1) is 12.2. The van der Waals surface area contributed by atoms with Crippen molar-refractivity contribution in [3.8, 4) is 0 Å². The summed E-state index contributed by atoms with van der Waals surface area (Å²) in [5.74, 6) is 0.397. The number of halogens is 1. The molecule has 4 heteroatoms. The molecule has 2 aliphatic carbocycles. The van der Waals surface area contributed by atoms with Crippen molar-refractivity contribution in [2.45, 2.75) is 59.5 Å². The van der Waals surface area contributed by atoms with E-state index in [1.165, 1.54) is 6.08 Å². The molecule has 2 rings (SSSR count). The molecule has 0 spiro atoms. The van der Waals surface area contributed by atoms with Crippen LogP contribution in [0.5, 0.6) is 0 Å². The normalized spacial score (nSPS) is 30.9. The SMILES string of the molecule is C=C1C[C@H](F)C2=CC(=O)C=C[C@]2(C)C[C@H]1[C@@H](C)C[C@H](C)COC(=O)CC. The van der Waals surface area contributed by atoms with Gasteiger partial charge in [0.1, 0.15) is 6.17 Å². The average molecular weight is 362 g/mol. The number of carbonyl (C=O) groups excluding carboxylic acids is 2. The molecule has 0 heterocycles. The lowest BCUT2D eigenvalue weighted by atomic mass is 9.69. The second kappa shape index (κ2) is 8.32. The highest BCUT2D eigenvalue weighted by Gasteiger charge is 2.42. The highest BCUT2D eigenvalue weighted by atomic mass is 19.1. The molecule has 1 fully saturated rings. The summed E-state index contributed by atoms with van der Waals surface area (Å²) in [7, 11) is 0. The predicted octanol–water partition coefficient (Wildman–Crippen LogP) is 4.98. The Morgan fingerprint density at radius 3 is 2.81 bits per heavy atom. The Kier molecular flexibility index (Phi) is 6.59. The molecule has 0 unspecified atom stereocenters. The Balaban J connectivity index is 2.10. The van der Waals surface area contributed by atoms with Crippen LogP contribution in [-0.4, -0.2) is 24.5 Å². The van der Waals surface area contributed by atoms with Gasteiger partial charge in [0.25, 0.3) is 0 Å². The zero-order chi connectivity index (χ0) is 19.5. The van der Waals surface area contributed by atoms with Crippen molar-refractivity contribution in [1.29, 1.82) is 0 Å². The van der Waals surface area contributed by atoms with E-state index in [0.717, 1.165) is 18.4 Å². The van der Waals surface area contributed by atoms with Crippen molar-refractivity contribution in [1.82, 2.24) is 0 Å². The fourth-order valence-electron chi connectivity index (χ4n) is 4.26. The van der Waals surface area contributed by atoms with Crippen molar-refractivity contribution < 1.29 is 18.7 Å². The number of ketones is 1. The van der Waals surface area contributed by atoms with E-state index in [4.69, 9.17) is 4.74 Å². The molecule has 1 saturated carbocycles. The second-order valence-electron chi connectivity index (χ2n) is 8.25. The van der Waals surface area contributed by atoms with Gasteiger partial charge in [-0.2, -0.15) is 0 Å². The number of hydrogen-bond donors (Lipinski definition) is 0. The van der Waals surface area contributed by atoms with Crippen LogP contribution in [0.15, 0.2) is 36.0 Å². The Morgan fingerprint density at radius 1 is 1.46 bits per heavy atom. The highest BCUT2D eigenvalue weighted by molar-refractivity contribution is 6.01. The number of esters is 1. The quantitative estimate of drug-likeness (QED) is 0.494. The first-order valence-corrected chi connectivity index (χ1v) is 9.59. The number of allylic oxidation sites excluding steroid dienone is 5. The molecule has 0 saturated heterocycles. The van der Waals surface area contributed by atoms with Gasteiger partial charge in [-0.3, -0.25) is 9.59 Å². The van der Waals surface area contributed by atoms with Gasteiger partial charge in [0.2, 0.25) is 0 Å². The third kappa shape index (κ3) is 4.72. The summed E-state index contributed by atoms with van der Waals surface area (Å²) in [6, 6.07) is 0. The standard InChI is InChI=1S/C22H31FO3/c1-6-21(25)26-13-14(2)9-15(3)18-12-22(5)8-7-17(24)11-19(22)20(23)10-16(18)4/h7-8,11,14-15,18,20H,4,6,9-10,12-13H2,1-3,5H3/t14-,15-,18-,20-,22+/m0/s1. The second-order valence-corrected chi connectivity index (χ2v) is 8.25. The number of rotatable bonds is 6. The summed E-state index contributed by atoms with van der Waals surface area (Å²) in [6.07, 6.45) is 6.04. The lowest BCUT2D eigenvalue weighted by Gasteiger charge is -2.35. The minimum absolute atomic E-state index is 0.136. The summed E-state index contributed by atoms with van der Waals surface area (Å²) in [5.41, 5.74) is 1.06. The predicted molar refractivity (Wildman–Crippen MR) is 101 cm³/mol. The van der Waals surface area contributed by atoms with Gasteiger partial charge in [0, 0.05) is 18.3 Å². The number of alkyl halides is 1. The van der Waals surface area contributed by atoms with Crippen molar-refractivity contribution in [2.24, 2.45) is 23.2 Å². The van der Waals surface area contributed by atoms with E-state index in [9.17, 15) is 14.0 Å². The van der Waals surface area contributed by atoms with Gasteiger partial charge in [-0.25, -0.2) is 4.39 Å². The molecule has 3 nitrogen and oxygen atoms in total. The first kappa shape index (κ1) is 20.6. The van der Waals surface area contributed by atoms with Crippen LogP contribution in [-0.2, 0) is 14.3 Å². The van der Waals surface area contributed by atoms with Crippen molar-refractivity contribution in [2.75, 3.05) is 6.61 Å². The molecule has 0 bridgehead atoms. The summed E-state index contributed by atoms with van der Waals surface area (Å²) < 4.78 is 20.1. The van der Waals surface area contributed by atoms with Crippen LogP contribution < -0.4 is 0 Å². The smallest absolute Gasteiger partial charge is 0.305 e. The Morgan fingerprint density at radius 2 is 2.15 bits per heavy atom. The first-order valence-electron chi connectivity index (χ1n) is 9.59. The minimum atomic E-state index is -1.15. The van der Waals surface area contributed by atoms with Crippen LogP contribution in [0, 0.1) is 23.2 Å². The molecule has 0 aliphatic heterocycles. The molecule has 0 aromatic rings. The fourth-order valence-corrected chi connectivity index (χ4v) is 4.26. The van der Waals surface area contributed by atoms with Gasteiger partial charge in [-0.05, 0) is 48.3 Å². The van der Waals surface area contributed by atoms with E-state index in [-0.39, 0.29) is 30.0 Å². The molecule has 144 valence electrons. The summed E-state index contributed by atoms with van der Waals surface area (Å²) in [4.78, 5) is 23.1. The number of carbonyl (C=O) groups is 2. The van der Waals surface area contributed by atoms with Crippen molar-refractivity contribution >= 4 is 11.8 Å². The summed E-state index contributed by atoms with van der Waals surface area (Å²) in [6.45, 7) is 12.6. The molecule has 0 radical (unpaired) electrons. The maximum absolute atomic E-state index is 14.8. The lowest BCUT2D eigenvalue weighted by Crippen LogP contribution is -2.28. The van der Waals surface area contributed by atoms with E-state index in [2.05, 4.69) is 20.4 Å². The highest BCUT2D eigenvalue weighted by Crippen LogP contribution is 2.49. The van der Waals surface area contributed by atoms with Crippen molar-refractivity contribution in [3.05, 3.63) is 36.0 Å². The van der Waals surface area contributed by atoms with E-state index >= 15 is 0 Å². The van der Waals surface area contributed by atoms with Crippen LogP contribution in [0.3, 0.4) is 0 Å². The zero-order valence-corrected chi connectivity index (χ0v) is 16.4. The maximum atomic E-state index is 14.8. The van der Waals surface area contributed by atoms with E-state index < -0.39 is 11.6 Å². The third-order valence-corrected chi connectivity index (χ3v) is 5.80. The molecule has 5 atom stereocenters. The monoisotopic (exact) mass is 362 g/mol. The molecule has 0 N–H and O–H groups in total. The average Bonchev–Trinajstić information content (AvgIpc) is 2.68. The summed E-state index contributed by atoms with van der Waals surface area (Å²) >= 11 is 0. The molecule has 0 amide bonds. The van der Waals surface area contributed by atoms with Crippen LogP contribution >= 0.6 is 0 Å².